The number of hydrogen-bond donors (Lipinski definition) is 1. The van der Waals surface area contributed by atoms with Crippen molar-refractivity contribution in [3.63, 3.8) is 0 Å². The Morgan fingerprint density at radius 2 is 2.16 bits per heavy atom. The molecule has 2 heterocycles. The number of methoxy groups -OCH3 is 1. The van der Waals surface area contributed by atoms with Gasteiger partial charge in [0.25, 0.3) is 5.91 Å². The second kappa shape index (κ2) is 6.57. The number of carbonyl (C=O) groups excluding carboxylic acids is 1. The van der Waals surface area contributed by atoms with E-state index in [1.807, 2.05) is 0 Å². The van der Waals surface area contributed by atoms with Gasteiger partial charge in [-0.1, -0.05) is 0 Å². The lowest BCUT2D eigenvalue weighted by Gasteiger charge is -2.23. The Morgan fingerprint density at radius 1 is 1.52 bits per heavy atom. The average Bonchev–Trinajstić information content (AvgIpc) is 2.75. The molecule has 132 valence electrons. The lowest BCUT2D eigenvalue weighted by Crippen LogP contribution is -2.36. The number of allylic oxidation sites excluding steroid dienone is 2. The third-order valence-electron chi connectivity index (χ3n) is 3.76. The van der Waals surface area contributed by atoms with E-state index in [2.05, 4.69) is 4.98 Å². The minimum Gasteiger partial charge on any atom is -0.496 e. The lowest BCUT2D eigenvalue weighted by atomic mass is 10.0. The van der Waals surface area contributed by atoms with Crippen LogP contribution in [-0.4, -0.2) is 29.3 Å². The van der Waals surface area contributed by atoms with Crippen LogP contribution in [0.5, 0.6) is 0 Å². The minimum atomic E-state index is -4.74. The Labute approximate surface area is 141 Å². The number of nitrogens with zero attached hydrogens (tertiary/aromatic N) is 3. The summed E-state index contributed by atoms with van der Waals surface area (Å²) in [5, 5.41) is 18.8. The molecule has 0 aliphatic carbocycles. The molecule has 0 bridgehead atoms. The summed E-state index contributed by atoms with van der Waals surface area (Å²) in [6.45, 7) is 2.74. The summed E-state index contributed by atoms with van der Waals surface area (Å²) in [5.41, 5.74) is -1.19. The number of halogens is 3. The minimum absolute atomic E-state index is 0.0509. The highest BCUT2D eigenvalue weighted by molar-refractivity contribution is 6.08. The van der Waals surface area contributed by atoms with Crippen LogP contribution in [0, 0.1) is 11.3 Å². The molecule has 1 atom stereocenters. The summed E-state index contributed by atoms with van der Waals surface area (Å²) >= 11 is 0. The fourth-order valence-corrected chi connectivity index (χ4v) is 2.50. The van der Waals surface area contributed by atoms with E-state index in [4.69, 9.17) is 10.00 Å². The van der Waals surface area contributed by atoms with Crippen LogP contribution in [0.4, 0.5) is 19.0 Å². The largest absolute Gasteiger partial charge is 0.496 e. The molecule has 0 radical (unpaired) electrons. The predicted molar refractivity (Wildman–Crippen MR) is 81.7 cm³/mol. The van der Waals surface area contributed by atoms with Crippen molar-refractivity contribution >= 4 is 17.3 Å². The molecular weight excluding hydrogens is 339 g/mol. The molecule has 6 nitrogen and oxygen atoms in total. The van der Waals surface area contributed by atoms with Crippen molar-refractivity contribution in [2.75, 3.05) is 12.0 Å². The van der Waals surface area contributed by atoms with Gasteiger partial charge in [0.15, 0.2) is 12.0 Å². The van der Waals surface area contributed by atoms with E-state index in [1.54, 1.807) is 6.07 Å². The van der Waals surface area contributed by atoms with E-state index in [1.165, 1.54) is 21.0 Å². The number of alkyl halides is 3. The van der Waals surface area contributed by atoms with E-state index in [0.717, 1.165) is 17.2 Å². The first-order chi connectivity index (χ1) is 11.6. The Kier molecular flexibility index (Phi) is 4.85. The zero-order valence-electron chi connectivity index (χ0n) is 13.5. The van der Waals surface area contributed by atoms with Gasteiger partial charge in [-0.05, 0) is 25.5 Å². The standard InChI is InChI=1S/C16H14F3N3O3/c1-8(4-5-20)10-7-21-12(6-11(10)16(17,18)19)22-14(23)9(2)13(25-3)15(22)24/h4,6-7,15,24H,1-3H3/b8-4+. The highest BCUT2D eigenvalue weighted by Gasteiger charge is 2.41. The van der Waals surface area contributed by atoms with Crippen molar-refractivity contribution < 1.29 is 27.8 Å². The molecule has 1 aromatic rings. The fraction of sp³-hybridized carbons (Fsp3) is 0.312. The predicted octanol–water partition coefficient (Wildman–Crippen LogP) is 2.61. The third-order valence-corrected chi connectivity index (χ3v) is 3.76. The smallest absolute Gasteiger partial charge is 0.417 e. The second-order valence-electron chi connectivity index (χ2n) is 5.28. The highest BCUT2D eigenvalue weighted by Crippen LogP contribution is 2.38. The van der Waals surface area contributed by atoms with Gasteiger partial charge in [0.05, 0.1) is 24.3 Å². The van der Waals surface area contributed by atoms with Crippen molar-refractivity contribution in [1.82, 2.24) is 4.98 Å². The normalized spacial score (nSPS) is 18.6. The van der Waals surface area contributed by atoms with E-state index in [-0.39, 0.29) is 28.3 Å². The summed E-state index contributed by atoms with van der Waals surface area (Å²) in [6.07, 6.45) is -4.41. The van der Waals surface area contributed by atoms with Gasteiger partial charge in [-0.15, -0.1) is 0 Å². The summed E-state index contributed by atoms with van der Waals surface area (Å²) in [7, 11) is 1.24. The van der Waals surface area contributed by atoms with Crippen molar-refractivity contribution in [2.24, 2.45) is 0 Å². The number of carbonyl (C=O) groups is 1. The van der Waals surface area contributed by atoms with Crippen LogP contribution >= 0.6 is 0 Å². The van der Waals surface area contributed by atoms with Crippen molar-refractivity contribution in [2.45, 2.75) is 26.3 Å². The zero-order chi connectivity index (χ0) is 18.9. The molecule has 0 saturated heterocycles. The van der Waals surface area contributed by atoms with Gasteiger partial charge in [-0.25, -0.2) is 4.98 Å². The molecule has 1 aliphatic heterocycles. The molecule has 0 fully saturated rings. The number of nitriles is 1. The number of aliphatic hydroxyl groups is 1. The van der Waals surface area contributed by atoms with Crippen LogP contribution < -0.4 is 4.90 Å². The van der Waals surface area contributed by atoms with E-state index in [9.17, 15) is 23.1 Å². The third kappa shape index (κ3) is 3.21. The summed E-state index contributed by atoms with van der Waals surface area (Å²) < 4.78 is 45.1. The molecule has 2 rings (SSSR count). The number of aromatic nitrogens is 1. The van der Waals surface area contributed by atoms with Gasteiger partial charge in [-0.2, -0.15) is 18.4 Å². The first-order valence-electron chi connectivity index (χ1n) is 7.03. The maximum atomic E-state index is 13.4. The van der Waals surface area contributed by atoms with Gasteiger partial charge in [0.1, 0.15) is 5.82 Å². The Balaban J connectivity index is 2.58. The van der Waals surface area contributed by atoms with E-state index >= 15 is 0 Å². The van der Waals surface area contributed by atoms with Crippen LogP contribution in [0.15, 0.2) is 29.7 Å². The number of ether oxygens (including phenoxy) is 1. The van der Waals surface area contributed by atoms with Crippen LogP contribution in [-0.2, 0) is 15.7 Å². The van der Waals surface area contributed by atoms with Crippen LogP contribution in [0.2, 0.25) is 0 Å². The topological polar surface area (TPSA) is 86.5 Å². The number of anilines is 1. The molecule has 1 aliphatic rings. The fourth-order valence-electron chi connectivity index (χ4n) is 2.50. The van der Waals surface area contributed by atoms with Crippen LogP contribution in [0.25, 0.3) is 5.57 Å². The molecule has 1 amide bonds. The average molecular weight is 353 g/mol. The molecule has 1 N–H and O–H groups in total. The molecule has 0 aromatic carbocycles. The second-order valence-corrected chi connectivity index (χ2v) is 5.28. The SMILES string of the molecule is COC1=C(C)C(=O)N(c2cc(C(F)(F)F)c(/C(C)=C/C#N)cn2)C1O. The molecule has 1 aromatic heterocycles. The Hall–Kier alpha value is -2.86. The molecule has 25 heavy (non-hydrogen) atoms. The number of pyridine rings is 1. The molecule has 0 saturated carbocycles. The summed E-state index contributed by atoms with van der Waals surface area (Å²) in [4.78, 5) is 16.8. The quantitative estimate of drug-likeness (QED) is 0.844. The number of hydrogen-bond acceptors (Lipinski definition) is 5. The number of rotatable bonds is 3. The van der Waals surface area contributed by atoms with Crippen LogP contribution in [0.1, 0.15) is 25.0 Å². The van der Waals surface area contributed by atoms with Gasteiger partial charge in [0, 0.05) is 17.8 Å². The monoisotopic (exact) mass is 353 g/mol. The zero-order valence-corrected chi connectivity index (χ0v) is 13.5. The summed E-state index contributed by atoms with van der Waals surface area (Å²) in [5.74, 6) is -1.13. The molecule has 1 unspecified atom stereocenters. The van der Waals surface area contributed by atoms with E-state index < -0.39 is 23.9 Å². The molecular formula is C16H14F3N3O3. The highest BCUT2D eigenvalue weighted by atomic mass is 19.4. The molecule has 0 spiro atoms. The van der Waals surface area contributed by atoms with Crippen molar-refractivity contribution in [3.8, 4) is 6.07 Å². The van der Waals surface area contributed by atoms with Gasteiger partial charge < -0.3 is 9.84 Å². The first-order valence-corrected chi connectivity index (χ1v) is 7.03. The first kappa shape index (κ1) is 18.5. The maximum Gasteiger partial charge on any atom is 0.417 e. The number of aliphatic hydroxyl groups excluding tert-OH is 1. The van der Waals surface area contributed by atoms with E-state index in [0.29, 0.717) is 6.07 Å². The number of amides is 1. The lowest BCUT2D eigenvalue weighted by molar-refractivity contribution is -0.137. The van der Waals surface area contributed by atoms with Gasteiger partial charge >= 0.3 is 6.18 Å². The summed E-state index contributed by atoms with van der Waals surface area (Å²) in [6, 6.07) is 2.33. The maximum absolute atomic E-state index is 13.4. The Bertz CT molecular complexity index is 822. The Morgan fingerprint density at radius 3 is 2.64 bits per heavy atom. The van der Waals surface area contributed by atoms with Crippen molar-refractivity contribution in [3.05, 3.63) is 40.8 Å². The van der Waals surface area contributed by atoms with Crippen molar-refractivity contribution in [1.29, 1.82) is 5.26 Å². The molecule has 9 heteroatoms. The van der Waals surface area contributed by atoms with Gasteiger partial charge in [-0.3, -0.25) is 9.69 Å². The van der Waals surface area contributed by atoms with Gasteiger partial charge in [0.2, 0.25) is 0 Å². The van der Waals surface area contributed by atoms with Crippen LogP contribution in [0.3, 0.4) is 0 Å².